The van der Waals surface area contributed by atoms with E-state index in [0.717, 1.165) is 89.9 Å². The number of carbonyl (C=O) groups is 2. The number of ether oxygens (including phenoxy) is 1. The first-order valence-electron chi connectivity index (χ1n) is 27.5. The number of unbranched alkanes of at least 4 members (excludes halogenated alkanes) is 23. The Morgan fingerprint density at radius 2 is 0.879 bits per heavy atom. The molecule has 0 aromatic carbocycles. The molecule has 0 aliphatic heterocycles. The maximum Gasteiger partial charge on any atom is 0.306 e. The summed E-state index contributed by atoms with van der Waals surface area (Å²) in [4.78, 5) is 26.2. The van der Waals surface area contributed by atoms with Crippen LogP contribution in [0.3, 0.4) is 0 Å². The first-order chi connectivity index (χ1) is 32.5. The van der Waals surface area contributed by atoms with Gasteiger partial charge in [0.05, 0.1) is 25.2 Å². The maximum atomic E-state index is 13.2. The van der Waals surface area contributed by atoms with Crippen LogP contribution in [0.1, 0.15) is 245 Å². The van der Waals surface area contributed by atoms with Gasteiger partial charge in [0.25, 0.3) is 0 Å². The van der Waals surface area contributed by atoms with Crippen LogP contribution in [-0.4, -0.2) is 46.9 Å². The zero-order valence-electron chi connectivity index (χ0n) is 43.0. The lowest BCUT2D eigenvalue weighted by Crippen LogP contribution is -2.46. The summed E-state index contributed by atoms with van der Waals surface area (Å²) >= 11 is 0. The molecule has 0 fully saturated rings. The molecule has 0 heterocycles. The maximum absolute atomic E-state index is 13.2. The summed E-state index contributed by atoms with van der Waals surface area (Å²) in [5, 5.41) is 23.7. The first-order valence-corrected chi connectivity index (χ1v) is 27.5. The molecule has 1 amide bonds. The van der Waals surface area contributed by atoms with Gasteiger partial charge in [-0.15, -0.1) is 0 Å². The fourth-order valence-corrected chi connectivity index (χ4v) is 7.77. The standard InChI is InChI=1S/C60H103NO5/c1-4-7-10-13-16-19-22-25-27-29-31-33-35-38-41-44-47-50-53-60(65)66-56(51-48-45-42-39-36-34-32-30-28-26-23-20-17-14-11-8-5-2)54-59(64)61-57(55-62)58(63)52-49-46-43-40-37-24-21-18-15-12-9-6-3/h8,11,17,20,26-29,31-34,39,42,48,51,56-58,62-63H,4-7,9-10,12-16,18-19,21-25,30,35-38,40-41,43-47,49-50,52-55H2,1-3H3,(H,61,64)/b11-8-,20-17-,28-26-,29-27+,33-31+,34-32-,42-39-,51-48-. The number of hydrogen-bond acceptors (Lipinski definition) is 5. The molecule has 0 saturated carbocycles. The lowest BCUT2D eigenvalue weighted by atomic mass is 10.0. The van der Waals surface area contributed by atoms with E-state index in [1.807, 2.05) is 6.08 Å². The Labute approximate surface area is 407 Å². The molecule has 0 aliphatic rings. The van der Waals surface area contributed by atoms with Gasteiger partial charge in [0.1, 0.15) is 6.10 Å². The molecular weight excluding hydrogens is 815 g/mol. The van der Waals surface area contributed by atoms with Crippen LogP contribution in [0.5, 0.6) is 0 Å². The van der Waals surface area contributed by atoms with Crippen molar-refractivity contribution in [2.75, 3.05) is 6.61 Å². The Morgan fingerprint density at radius 1 is 0.485 bits per heavy atom. The van der Waals surface area contributed by atoms with Crippen molar-refractivity contribution in [3.63, 3.8) is 0 Å². The highest BCUT2D eigenvalue weighted by Gasteiger charge is 2.23. The van der Waals surface area contributed by atoms with E-state index in [1.165, 1.54) is 109 Å². The molecule has 0 aliphatic carbocycles. The van der Waals surface area contributed by atoms with Crippen molar-refractivity contribution >= 4 is 11.9 Å². The van der Waals surface area contributed by atoms with Gasteiger partial charge >= 0.3 is 5.97 Å². The zero-order chi connectivity index (χ0) is 48.1. The second kappa shape index (κ2) is 52.7. The molecule has 6 heteroatoms. The first kappa shape index (κ1) is 62.8. The SMILES string of the molecule is CC/C=C\C/C=C\C/C=C\C/C=C\C/C=C\C/C=C\C(CC(=O)NC(CO)C(O)CCCCCCCCCCCCCC)OC(=O)CCCCCCC/C=C/C=C/CCCCCCCCC. The van der Waals surface area contributed by atoms with Gasteiger partial charge < -0.3 is 20.3 Å². The average Bonchev–Trinajstić information content (AvgIpc) is 3.31. The number of carbonyl (C=O) groups excluding carboxylic acids is 2. The number of rotatable bonds is 48. The van der Waals surface area contributed by atoms with E-state index < -0.39 is 18.2 Å². The van der Waals surface area contributed by atoms with Gasteiger partial charge in [0.2, 0.25) is 5.91 Å². The molecular formula is C60H103NO5. The van der Waals surface area contributed by atoms with Crippen LogP contribution in [0.2, 0.25) is 0 Å². The number of aliphatic hydroxyl groups excluding tert-OH is 2. The van der Waals surface area contributed by atoms with Crippen LogP contribution in [-0.2, 0) is 14.3 Å². The average molecular weight is 918 g/mol. The second-order valence-electron chi connectivity index (χ2n) is 18.3. The minimum Gasteiger partial charge on any atom is -0.458 e. The van der Waals surface area contributed by atoms with E-state index in [-0.39, 0.29) is 24.9 Å². The fourth-order valence-electron chi connectivity index (χ4n) is 7.77. The fraction of sp³-hybridized carbons (Fsp3) is 0.700. The quantitative estimate of drug-likeness (QED) is 0.0245. The highest BCUT2D eigenvalue weighted by molar-refractivity contribution is 5.78. The molecule has 0 spiro atoms. The van der Waals surface area contributed by atoms with Crippen LogP contribution in [0.25, 0.3) is 0 Å². The molecule has 0 saturated heterocycles. The number of hydrogen-bond donors (Lipinski definition) is 3. The number of nitrogens with one attached hydrogen (secondary N) is 1. The molecule has 0 bridgehead atoms. The van der Waals surface area contributed by atoms with Gasteiger partial charge in [-0.1, -0.05) is 247 Å². The van der Waals surface area contributed by atoms with E-state index >= 15 is 0 Å². The summed E-state index contributed by atoms with van der Waals surface area (Å²) in [7, 11) is 0. The number of amides is 1. The van der Waals surface area contributed by atoms with Crippen LogP contribution >= 0.6 is 0 Å². The van der Waals surface area contributed by atoms with Gasteiger partial charge in [0, 0.05) is 6.42 Å². The second-order valence-corrected chi connectivity index (χ2v) is 18.3. The Balaban J connectivity index is 4.78. The van der Waals surface area contributed by atoms with Crippen molar-refractivity contribution < 1.29 is 24.5 Å². The Kier molecular flexibility index (Phi) is 50.2. The van der Waals surface area contributed by atoms with Gasteiger partial charge in [-0.25, -0.2) is 0 Å². The van der Waals surface area contributed by atoms with Crippen molar-refractivity contribution in [3.05, 3.63) is 97.2 Å². The van der Waals surface area contributed by atoms with Gasteiger partial charge in [-0.3, -0.25) is 9.59 Å². The molecule has 0 radical (unpaired) electrons. The third-order valence-corrected chi connectivity index (χ3v) is 11.9. The summed E-state index contributed by atoms with van der Waals surface area (Å²) in [6.45, 7) is 6.32. The molecule has 3 atom stereocenters. The summed E-state index contributed by atoms with van der Waals surface area (Å²) in [5.74, 6) is -0.651. The lowest BCUT2D eigenvalue weighted by Gasteiger charge is -2.23. The predicted molar refractivity (Wildman–Crippen MR) is 287 cm³/mol. The van der Waals surface area contributed by atoms with Crippen LogP contribution in [0.4, 0.5) is 0 Å². The molecule has 0 aromatic rings. The van der Waals surface area contributed by atoms with E-state index in [9.17, 15) is 19.8 Å². The minimum atomic E-state index is -0.827. The predicted octanol–water partition coefficient (Wildman–Crippen LogP) is 16.9. The van der Waals surface area contributed by atoms with Crippen molar-refractivity contribution in [2.24, 2.45) is 0 Å². The normalized spacial score (nSPS) is 14.0. The highest BCUT2D eigenvalue weighted by Crippen LogP contribution is 2.16. The monoisotopic (exact) mass is 918 g/mol. The summed E-state index contributed by atoms with van der Waals surface area (Å²) < 4.78 is 5.83. The van der Waals surface area contributed by atoms with Crippen molar-refractivity contribution in [1.29, 1.82) is 0 Å². The topological polar surface area (TPSA) is 95.9 Å². The molecule has 378 valence electrons. The van der Waals surface area contributed by atoms with Crippen LogP contribution in [0, 0.1) is 0 Å². The Bertz CT molecular complexity index is 1310. The molecule has 0 rings (SSSR count). The van der Waals surface area contributed by atoms with E-state index in [2.05, 4.69) is 111 Å². The minimum absolute atomic E-state index is 0.0580. The molecule has 66 heavy (non-hydrogen) atoms. The van der Waals surface area contributed by atoms with Gasteiger partial charge in [-0.2, -0.15) is 0 Å². The van der Waals surface area contributed by atoms with E-state index in [1.54, 1.807) is 6.08 Å². The van der Waals surface area contributed by atoms with Crippen LogP contribution in [0.15, 0.2) is 97.2 Å². The molecule has 3 N–H and O–H groups in total. The molecule has 3 unspecified atom stereocenters. The van der Waals surface area contributed by atoms with E-state index in [0.29, 0.717) is 19.3 Å². The highest BCUT2D eigenvalue weighted by atomic mass is 16.5. The largest absolute Gasteiger partial charge is 0.458 e. The smallest absolute Gasteiger partial charge is 0.306 e. The van der Waals surface area contributed by atoms with Crippen LogP contribution < -0.4 is 5.32 Å². The third-order valence-electron chi connectivity index (χ3n) is 11.9. The number of allylic oxidation sites excluding steroid dienone is 15. The Hall–Kier alpha value is -3.22. The van der Waals surface area contributed by atoms with Crippen molar-refractivity contribution in [3.8, 4) is 0 Å². The summed E-state index contributed by atoms with van der Waals surface area (Å²) in [6.07, 6.45) is 70.7. The lowest BCUT2D eigenvalue weighted by molar-refractivity contribution is -0.148. The number of aliphatic hydroxyl groups is 2. The van der Waals surface area contributed by atoms with Crippen molar-refractivity contribution in [1.82, 2.24) is 5.32 Å². The van der Waals surface area contributed by atoms with Crippen molar-refractivity contribution in [2.45, 2.75) is 264 Å². The Morgan fingerprint density at radius 3 is 1.32 bits per heavy atom. The molecule has 0 aromatic heterocycles. The molecule has 6 nitrogen and oxygen atoms in total. The van der Waals surface area contributed by atoms with Gasteiger partial charge in [-0.05, 0) is 83.1 Å². The van der Waals surface area contributed by atoms with E-state index in [4.69, 9.17) is 4.74 Å². The zero-order valence-corrected chi connectivity index (χ0v) is 43.0. The third kappa shape index (κ3) is 47.3. The summed E-state index contributed by atoms with van der Waals surface area (Å²) in [5.41, 5.74) is 0. The summed E-state index contributed by atoms with van der Waals surface area (Å²) in [6, 6.07) is -0.751. The van der Waals surface area contributed by atoms with Gasteiger partial charge in [0.15, 0.2) is 0 Å². The number of esters is 1.